The molecule has 33 heavy (non-hydrogen) atoms. The van der Waals surface area contributed by atoms with E-state index in [1.807, 2.05) is 49.4 Å². The van der Waals surface area contributed by atoms with Gasteiger partial charge in [0, 0.05) is 17.2 Å². The fourth-order valence-corrected chi connectivity index (χ4v) is 3.48. The van der Waals surface area contributed by atoms with Gasteiger partial charge in [-0.3, -0.25) is 10.8 Å². The minimum absolute atomic E-state index is 0.000994. The van der Waals surface area contributed by atoms with Crippen LogP contribution in [0.25, 0.3) is 10.8 Å². The minimum Gasteiger partial charge on any atom is -0.453 e. The third-order valence-corrected chi connectivity index (χ3v) is 5.28. The maximum absolute atomic E-state index is 12.6. The number of esters is 1. The average molecular weight is 441 g/mol. The molecule has 0 bridgehead atoms. The zero-order chi connectivity index (χ0) is 23.5. The molecule has 0 radical (unpaired) electrons. The maximum Gasteiger partial charge on any atom is 0.379 e. The molecule has 0 spiro atoms. The minimum atomic E-state index is -0.589. The van der Waals surface area contributed by atoms with Gasteiger partial charge in [-0.2, -0.15) is 0 Å². The van der Waals surface area contributed by atoms with Crippen molar-refractivity contribution < 1.29 is 13.9 Å². The first-order valence-corrected chi connectivity index (χ1v) is 10.2. The summed E-state index contributed by atoms with van der Waals surface area (Å²) in [7, 11) is 0. The first-order valence-electron chi connectivity index (χ1n) is 10.2. The fourth-order valence-electron chi connectivity index (χ4n) is 3.48. The Bertz CT molecular complexity index is 1360. The summed E-state index contributed by atoms with van der Waals surface area (Å²) in [4.78, 5) is 12.6. The van der Waals surface area contributed by atoms with Crippen molar-refractivity contribution in [2.24, 2.45) is 11.5 Å². The lowest BCUT2D eigenvalue weighted by atomic mass is 9.98. The number of nitrogens with one attached hydrogen (secondary N) is 3. The highest BCUT2D eigenvalue weighted by Gasteiger charge is 2.18. The quantitative estimate of drug-likeness (QED) is 0.129. The van der Waals surface area contributed by atoms with Crippen LogP contribution < -0.4 is 21.5 Å². The highest BCUT2D eigenvalue weighted by Crippen LogP contribution is 2.28. The van der Waals surface area contributed by atoms with Crippen molar-refractivity contribution in [2.75, 3.05) is 5.32 Å². The number of furan rings is 1. The van der Waals surface area contributed by atoms with Crippen molar-refractivity contribution in [3.63, 3.8) is 0 Å². The summed E-state index contributed by atoms with van der Waals surface area (Å²) >= 11 is 0. The summed E-state index contributed by atoms with van der Waals surface area (Å²) in [6.45, 7) is 1.97. The molecule has 1 unspecified atom stereocenters. The lowest BCUT2D eigenvalue weighted by Gasteiger charge is -2.11. The number of carbonyl (C=O) groups is 1. The molecule has 1 aromatic heterocycles. The molecule has 166 valence electrons. The van der Waals surface area contributed by atoms with E-state index in [0.717, 1.165) is 22.0 Å². The van der Waals surface area contributed by atoms with E-state index in [4.69, 9.17) is 31.4 Å². The Kier molecular flexibility index (Phi) is 5.82. The van der Waals surface area contributed by atoms with Crippen molar-refractivity contribution in [1.29, 1.82) is 10.8 Å². The van der Waals surface area contributed by atoms with Crippen LogP contribution >= 0.6 is 0 Å². The van der Waals surface area contributed by atoms with Crippen LogP contribution in [0.5, 0.6) is 5.75 Å². The molecule has 0 aliphatic heterocycles. The largest absolute Gasteiger partial charge is 0.453 e. The van der Waals surface area contributed by atoms with Crippen LogP contribution in [0.1, 0.15) is 40.3 Å². The van der Waals surface area contributed by atoms with E-state index < -0.39 is 5.97 Å². The van der Waals surface area contributed by atoms with Crippen LogP contribution in [0.3, 0.4) is 0 Å². The Morgan fingerprint density at radius 2 is 1.64 bits per heavy atom. The predicted octanol–water partition coefficient (Wildman–Crippen LogP) is 4.39. The number of fused-ring (bicyclic) bond motifs is 1. The van der Waals surface area contributed by atoms with Gasteiger partial charge in [0.1, 0.15) is 17.3 Å². The molecule has 7 N–H and O–H groups in total. The van der Waals surface area contributed by atoms with Crippen LogP contribution in [-0.4, -0.2) is 17.8 Å². The normalized spacial score (nSPS) is 11.7. The van der Waals surface area contributed by atoms with Gasteiger partial charge in [-0.15, -0.1) is 0 Å². The molecular formula is C25H23N5O3. The Hall–Kier alpha value is -4.59. The summed E-state index contributed by atoms with van der Waals surface area (Å²) in [5.41, 5.74) is 13.2. The number of anilines is 1. The molecule has 4 rings (SSSR count). The molecule has 0 aliphatic rings. The zero-order valence-electron chi connectivity index (χ0n) is 17.9. The number of ether oxygens (including phenoxy) is 1. The van der Waals surface area contributed by atoms with Crippen molar-refractivity contribution >= 4 is 34.2 Å². The van der Waals surface area contributed by atoms with Crippen LogP contribution in [0.2, 0.25) is 0 Å². The van der Waals surface area contributed by atoms with E-state index in [9.17, 15) is 4.79 Å². The molecule has 0 saturated carbocycles. The van der Waals surface area contributed by atoms with Crippen molar-refractivity contribution in [3.05, 3.63) is 95.4 Å². The summed E-state index contributed by atoms with van der Waals surface area (Å²) in [6.07, 6.45) is 0. The van der Waals surface area contributed by atoms with E-state index >= 15 is 0 Å². The van der Waals surface area contributed by atoms with Crippen LogP contribution in [0.15, 0.2) is 77.2 Å². The van der Waals surface area contributed by atoms with Gasteiger partial charge in [-0.1, -0.05) is 37.3 Å². The van der Waals surface area contributed by atoms with E-state index in [1.54, 1.807) is 30.3 Å². The second-order valence-electron chi connectivity index (χ2n) is 7.61. The molecule has 0 fully saturated rings. The Morgan fingerprint density at radius 1 is 0.939 bits per heavy atom. The third-order valence-electron chi connectivity index (χ3n) is 5.28. The lowest BCUT2D eigenvalue weighted by Crippen LogP contribution is -2.20. The summed E-state index contributed by atoms with van der Waals surface area (Å²) < 4.78 is 11.3. The SMILES string of the molecule is CC(c1ccc(NC(=N)N)cc1)c1ccc(C(=O)Oc2ccc3cc(C(=N)N)ccc3c2)o1. The second kappa shape index (κ2) is 8.88. The van der Waals surface area contributed by atoms with E-state index in [-0.39, 0.29) is 23.5 Å². The number of hydrogen-bond acceptors (Lipinski definition) is 5. The number of nitrogen functional groups attached to an aromatic ring is 1. The second-order valence-corrected chi connectivity index (χ2v) is 7.61. The highest BCUT2D eigenvalue weighted by atomic mass is 16.5. The van der Waals surface area contributed by atoms with E-state index in [0.29, 0.717) is 17.1 Å². The van der Waals surface area contributed by atoms with Gasteiger partial charge >= 0.3 is 5.97 Å². The summed E-state index contributed by atoms with van der Waals surface area (Å²) in [6, 6.07) is 21.4. The van der Waals surface area contributed by atoms with Crippen molar-refractivity contribution in [1.82, 2.24) is 0 Å². The van der Waals surface area contributed by atoms with E-state index in [2.05, 4.69) is 5.32 Å². The van der Waals surface area contributed by atoms with Gasteiger partial charge in [-0.05, 0) is 58.8 Å². The maximum atomic E-state index is 12.6. The molecule has 0 aliphatic carbocycles. The summed E-state index contributed by atoms with van der Waals surface area (Å²) in [5, 5.41) is 19.3. The van der Waals surface area contributed by atoms with Gasteiger partial charge in [0.2, 0.25) is 5.76 Å². The number of carbonyl (C=O) groups excluding carboxylic acids is 1. The molecular weight excluding hydrogens is 418 g/mol. The Morgan fingerprint density at radius 3 is 2.33 bits per heavy atom. The molecule has 0 saturated heterocycles. The Balaban J connectivity index is 1.46. The fraction of sp³-hybridized carbons (Fsp3) is 0.0800. The highest BCUT2D eigenvalue weighted by molar-refractivity contribution is 5.99. The standard InChI is InChI=1S/C25H23N5O3/c1-14(15-4-7-19(8-5-15)30-25(28)29)21-10-11-22(33-21)24(31)32-20-9-6-16-12-18(23(26)27)3-2-17(16)13-20/h2-14H,1H3,(H3,26,27)(H4,28,29,30). The van der Waals surface area contributed by atoms with Gasteiger partial charge < -0.3 is 25.9 Å². The van der Waals surface area contributed by atoms with Gasteiger partial charge in [-0.25, -0.2) is 4.79 Å². The first kappa shape index (κ1) is 21.6. The molecule has 8 heteroatoms. The molecule has 1 heterocycles. The smallest absolute Gasteiger partial charge is 0.379 e. The van der Waals surface area contributed by atoms with Crippen LogP contribution in [0.4, 0.5) is 5.69 Å². The van der Waals surface area contributed by atoms with Gasteiger partial charge in [0.25, 0.3) is 0 Å². The zero-order valence-corrected chi connectivity index (χ0v) is 17.9. The molecule has 1 atom stereocenters. The lowest BCUT2D eigenvalue weighted by molar-refractivity contribution is 0.0699. The number of benzene rings is 3. The Labute approximate surface area is 190 Å². The van der Waals surface area contributed by atoms with Gasteiger partial charge in [0.05, 0.1) is 0 Å². The third kappa shape index (κ3) is 4.85. The van der Waals surface area contributed by atoms with Crippen LogP contribution in [0, 0.1) is 10.8 Å². The average Bonchev–Trinajstić information content (AvgIpc) is 3.29. The number of nitrogens with two attached hydrogens (primary N) is 2. The number of guanidine groups is 1. The predicted molar refractivity (Wildman–Crippen MR) is 128 cm³/mol. The molecule has 3 aromatic carbocycles. The first-order chi connectivity index (χ1) is 15.8. The monoisotopic (exact) mass is 441 g/mol. The van der Waals surface area contributed by atoms with Crippen molar-refractivity contribution in [3.8, 4) is 5.75 Å². The molecule has 0 amide bonds. The van der Waals surface area contributed by atoms with Crippen LogP contribution in [-0.2, 0) is 0 Å². The number of amidine groups is 1. The van der Waals surface area contributed by atoms with E-state index in [1.165, 1.54) is 0 Å². The number of hydrogen-bond donors (Lipinski definition) is 5. The van der Waals surface area contributed by atoms with Gasteiger partial charge in [0.15, 0.2) is 5.96 Å². The van der Waals surface area contributed by atoms with Crippen molar-refractivity contribution in [2.45, 2.75) is 12.8 Å². The molecule has 4 aromatic rings. The summed E-state index contributed by atoms with van der Waals surface area (Å²) in [5.74, 6) is 0.324. The topological polar surface area (TPSA) is 151 Å². The number of rotatable bonds is 6. The molecule has 8 nitrogen and oxygen atoms in total.